The van der Waals surface area contributed by atoms with Crippen LogP contribution in [0.15, 0.2) is 29.8 Å². The molecule has 2 rings (SSSR count). The van der Waals surface area contributed by atoms with Crippen LogP contribution in [-0.2, 0) is 23.9 Å². The molecule has 1 aromatic carbocycles. The Balaban J connectivity index is 2.62. The SMILES string of the molecule is COc1ccc(C2=C(C)C(=O)NC2(OC(C)=O)C(=O)OC(C)(C)C)cc1. The Labute approximate surface area is 152 Å². The number of carbonyl (C=O) groups excluding carboxylic acids is 3. The molecule has 0 spiro atoms. The first-order valence-electron chi connectivity index (χ1n) is 8.11. The molecule has 1 amide bonds. The first-order chi connectivity index (χ1) is 12.0. The highest BCUT2D eigenvalue weighted by molar-refractivity contribution is 6.16. The average Bonchev–Trinajstić information content (AvgIpc) is 2.77. The molecule has 7 heteroatoms. The van der Waals surface area contributed by atoms with Crippen molar-refractivity contribution < 1.29 is 28.6 Å². The molecule has 1 aliphatic heterocycles. The van der Waals surface area contributed by atoms with Gasteiger partial charge in [-0.15, -0.1) is 0 Å². The van der Waals surface area contributed by atoms with Gasteiger partial charge in [0.2, 0.25) is 0 Å². The summed E-state index contributed by atoms with van der Waals surface area (Å²) < 4.78 is 15.9. The zero-order valence-corrected chi connectivity index (χ0v) is 15.8. The Morgan fingerprint density at radius 1 is 1.12 bits per heavy atom. The van der Waals surface area contributed by atoms with Crippen LogP contribution in [0.1, 0.15) is 40.2 Å². The molecule has 26 heavy (non-hydrogen) atoms. The van der Waals surface area contributed by atoms with Gasteiger partial charge in [0.1, 0.15) is 11.4 Å². The lowest BCUT2D eigenvalue weighted by Crippen LogP contribution is -2.56. The van der Waals surface area contributed by atoms with Crippen molar-refractivity contribution in [1.82, 2.24) is 5.32 Å². The Kier molecular flexibility index (Phi) is 5.11. The van der Waals surface area contributed by atoms with E-state index in [4.69, 9.17) is 14.2 Å². The van der Waals surface area contributed by atoms with Crippen molar-refractivity contribution in [1.29, 1.82) is 0 Å². The molecular weight excluding hydrogens is 338 g/mol. The first kappa shape index (κ1) is 19.5. The van der Waals surface area contributed by atoms with E-state index in [2.05, 4.69) is 5.32 Å². The molecule has 7 nitrogen and oxygen atoms in total. The van der Waals surface area contributed by atoms with Crippen molar-refractivity contribution in [2.75, 3.05) is 7.11 Å². The van der Waals surface area contributed by atoms with Gasteiger partial charge >= 0.3 is 17.7 Å². The number of hydrogen-bond donors (Lipinski definition) is 1. The number of methoxy groups -OCH3 is 1. The van der Waals surface area contributed by atoms with E-state index in [1.165, 1.54) is 7.11 Å². The summed E-state index contributed by atoms with van der Waals surface area (Å²) >= 11 is 0. The second-order valence-corrected chi connectivity index (χ2v) is 6.96. The number of ether oxygens (including phenoxy) is 3. The number of hydrogen-bond acceptors (Lipinski definition) is 6. The van der Waals surface area contributed by atoms with Gasteiger partial charge in [-0.1, -0.05) is 12.1 Å². The summed E-state index contributed by atoms with van der Waals surface area (Å²) in [5.41, 5.74) is -1.82. The molecule has 1 atom stereocenters. The summed E-state index contributed by atoms with van der Waals surface area (Å²) in [5.74, 6) is -1.49. The highest BCUT2D eigenvalue weighted by atomic mass is 16.6. The zero-order chi connectivity index (χ0) is 19.7. The topological polar surface area (TPSA) is 90.9 Å². The van der Waals surface area contributed by atoms with Crippen LogP contribution in [0.25, 0.3) is 5.57 Å². The van der Waals surface area contributed by atoms with Gasteiger partial charge in [0, 0.05) is 18.1 Å². The van der Waals surface area contributed by atoms with Crippen LogP contribution >= 0.6 is 0 Å². The quantitative estimate of drug-likeness (QED) is 0.827. The molecule has 140 valence electrons. The van der Waals surface area contributed by atoms with Gasteiger partial charge in [-0.3, -0.25) is 9.59 Å². The van der Waals surface area contributed by atoms with Crippen LogP contribution in [0.3, 0.4) is 0 Å². The summed E-state index contributed by atoms with van der Waals surface area (Å²) in [4.78, 5) is 37.0. The van der Waals surface area contributed by atoms with Crippen LogP contribution in [0, 0.1) is 0 Å². The highest BCUT2D eigenvalue weighted by Crippen LogP contribution is 2.39. The molecule has 1 aliphatic rings. The molecule has 1 heterocycles. The van der Waals surface area contributed by atoms with E-state index in [1.807, 2.05) is 0 Å². The fourth-order valence-corrected chi connectivity index (χ4v) is 2.71. The van der Waals surface area contributed by atoms with Crippen molar-refractivity contribution in [3.8, 4) is 5.75 Å². The first-order valence-corrected chi connectivity index (χ1v) is 8.11. The summed E-state index contributed by atoms with van der Waals surface area (Å²) in [5, 5.41) is 2.49. The van der Waals surface area contributed by atoms with Gasteiger partial charge < -0.3 is 19.5 Å². The fourth-order valence-electron chi connectivity index (χ4n) is 2.71. The molecule has 0 radical (unpaired) electrons. The number of esters is 2. The summed E-state index contributed by atoms with van der Waals surface area (Å²) in [6.45, 7) is 7.79. The summed E-state index contributed by atoms with van der Waals surface area (Å²) in [7, 11) is 1.53. The second kappa shape index (κ2) is 6.82. The Bertz CT molecular complexity index is 772. The smallest absolute Gasteiger partial charge is 0.378 e. The molecule has 1 N–H and O–H groups in total. The van der Waals surface area contributed by atoms with Gasteiger partial charge in [-0.2, -0.15) is 0 Å². The largest absolute Gasteiger partial charge is 0.497 e. The number of rotatable bonds is 4. The molecule has 0 aliphatic carbocycles. The third kappa shape index (κ3) is 3.71. The van der Waals surface area contributed by atoms with E-state index < -0.39 is 29.2 Å². The van der Waals surface area contributed by atoms with Gasteiger partial charge in [-0.25, -0.2) is 4.79 Å². The molecule has 0 fully saturated rings. The lowest BCUT2D eigenvalue weighted by Gasteiger charge is -2.32. The minimum absolute atomic E-state index is 0.245. The van der Waals surface area contributed by atoms with Crippen molar-refractivity contribution in [2.24, 2.45) is 0 Å². The number of benzene rings is 1. The highest BCUT2D eigenvalue weighted by Gasteiger charge is 2.55. The summed E-state index contributed by atoms with van der Waals surface area (Å²) in [6.07, 6.45) is 0. The predicted molar refractivity (Wildman–Crippen MR) is 94.1 cm³/mol. The second-order valence-electron chi connectivity index (χ2n) is 6.96. The maximum Gasteiger partial charge on any atom is 0.378 e. The standard InChI is InChI=1S/C19H23NO6/c1-11-15(13-7-9-14(24-6)10-8-13)19(20-16(11)22,25-12(2)21)17(23)26-18(3,4)5/h7-10H,1-6H3,(H,20,22). The molecule has 0 saturated heterocycles. The lowest BCUT2D eigenvalue weighted by atomic mass is 9.93. The zero-order valence-electron chi connectivity index (χ0n) is 15.8. The van der Waals surface area contributed by atoms with Crippen LogP contribution in [0.4, 0.5) is 0 Å². The molecule has 0 saturated carbocycles. The maximum absolute atomic E-state index is 12.9. The molecular formula is C19H23NO6. The summed E-state index contributed by atoms with van der Waals surface area (Å²) in [6, 6.07) is 6.74. The lowest BCUT2D eigenvalue weighted by molar-refractivity contribution is -0.185. The van der Waals surface area contributed by atoms with Crippen molar-refractivity contribution >= 4 is 23.4 Å². The van der Waals surface area contributed by atoms with Crippen molar-refractivity contribution in [3.63, 3.8) is 0 Å². The van der Waals surface area contributed by atoms with Gasteiger partial charge in [0.25, 0.3) is 5.91 Å². The Morgan fingerprint density at radius 3 is 2.15 bits per heavy atom. The monoisotopic (exact) mass is 361 g/mol. The van der Waals surface area contributed by atoms with Gasteiger partial charge in [-0.05, 0) is 45.4 Å². The number of carbonyl (C=O) groups is 3. The molecule has 0 aromatic heterocycles. The van der Waals surface area contributed by atoms with Crippen molar-refractivity contribution in [2.45, 2.75) is 45.9 Å². The number of amides is 1. The fraction of sp³-hybridized carbons (Fsp3) is 0.421. The Morgan fingerprint density at radius 2 is 1.69 bits per heavy atom. The third-order valence-electron chi connectivity index (χ3n) is 3.72. The normalized spacial score (nSPS) is 19.8. The number of nitrogens with one attached hydrogen (secondary N) is 1. The van der Waals surface area contributed by atoms with E-state index in [0.29, 0.717) is 11.3 Å². The van der Waals surface area contributed by atoms with Crippen LogP contribution < -0.4 is 10.1 Å². The predicted octanol–water partition coefficient (Wildman–Crippen LogP) is 2.20. The third-order valence-corrected chi connectivity index (χ3v) is 3.72. The van der Waals surface area contributed by atoms with E-state index >= 15 is 0 Å². The van der Waals surface area contributed by atoms with Crippen LogP contribution in [-0.4, -0.2) is 36.3 Å². The van der Waals surface area contributed by atoms with Gasteiger partial charge in [0.05, 0.1) is 7.11 Å². The molecule has 1 unspecified atom stereocenters. The van der Waals surface area contributed by atoms with E-state index in [9.17, 15) is 14.4 Å². The maximum atomic E-state index is 12.9. The van der Waals surface area contributed by atoms with Crippen LogP contribution in [0.2, 0.25) is 0 Å². The minimum atomic E-state index is -2.03. The van der Waals surface area contributed by atoms with E-state index in [1.54, 1.807) is 52.0 Å². The van der Waals surface area contributed by atoms with E-state index in [-0.39, 0.29) is 11.1 Å². The average molecular weight is 361 g/mol. The van der Waals surface area contributed by atoms with Crippen LogP contribution in [0.5, 0.6) is 5.75 Å². The molecule has 0 bridgehead atoms. The molecule has 1 aromatic rings. The van der Waals surface area contributed by atoms with Gasteiger partial charge in [0.15, 0.2) is 0 Å². The Hall–Kier alpha value is -2.83. The van der Waals surface area contributed by atoms with Crippen molar-refractivity contribution in [3.05, 3.63) is 35.4 Å². The van der Waals surface area contributed by atoms with E-state index in [0.717, 1.165) is 6.92 Å². The minimum Gasteiger partial charge on any atom is -0.497 e.